The second-order valence-electron chi connectivity index (χ2n) is 7.86. The average Bonchev–Trinajstić information content (AvgIpc) is 3.48. The summed E-state index contributed by atoms with van der Waals surface area (Å²) in [4.78, 5) is 6.95. The fourth-order valence-electron chi connectivity index (χ4n) is 4.60. The Morgan fingerprint density at radius 3 is 2.82 bits per heavy atom. The van der Waals surface area contributed by atoms with Crippen LogP contribution >= 0.6 is 0 Å². The van der Waals surface area contributed by atoms with Gasteiger partial charge in [0.1, 0.15) is 5.82 Å². The van der Waals surface area contributed by atoms with Gasteiger partial charge in [0, 0.05) is 41.6 Å². The average molecular weight is 374 g/mol. The molecule has 2 aliphatic heterocycles. The van der Waals surface area contributed by atoms with E-state index in [-0.39, 0.29) is 0 Å². The van der Waals surface area contributed by atoms with Crippen LogP contribution in [0.15, 0.2) is 36.5 Å². The summed E-state index contributed by atoms with van der Waals surface area (Å²) in [7, 11) is 0. The lowest BCUT2D eigenvalue weighted by atomic mass is 10.0. The van der Waals surface area contributed by atoms with Gasteiger partial charge in [-0.1, -0.05) is 13.0 Å². The van der Waals surface area contributed by atoms with E-state index in [4.69, 9.17) is 9.84 Å². The normalized spacial score (nSPS) is 21.8. The molecule has 6 rings (SSSR count). The summed E-state index contributed by atoms with van der Waals surface area (Å²) in [5, 5.41) is 13.6. The van der Waals surface area contributed by atoms with Crippen LogP contribution in [0.1, 0.15) is 12.6 Å². The summed E-state index contributed by atoms with van der Waals surface area (Å²) >= 11 is 0. The van der Waals surface area contributed by atoms with Crippen molar-refractivity contribution in [2.24, 2.45) is 11.8 Å². The van der Waals surface area contributed by atoms with Crippen LogP contribution in [0, 0.1) is 11.8 Å². The highest BCUT2D eigenvalue weighted by molar-refractivity contribution is 5.86. The maximum absolute atomic E-state index is 5.61. The topological polar surface area (TPSA) is 71.3 Å². The summed E-state index contributed by atoms with van der Waals surface area (Å²) in [5.41, 5.74) is 5.13. The molecule has 3 aromatic heterocycles. The van der Waals surface area contributed by atoms with Crippen LogP contribution in [0.5, 0.6) is 0 Å². The number of aromatic nitrogens is 5. The SMILES string of the molecule is CCc1[nH]nc2ccc(-c3cnc4ccc(N5CC6COC[C@@H]6C5)nn34)cc12. The first kappa shape index (κ1) is 16.1. The van der Waals surface area contributed by atoms with E-state index >= 15 is 0 Å². The van der Waals surface area contributed by atoms with Crippen molar-refractivity contribution in [2.45, 2.75) is 13.3 Å². The first-order valence-corrected chi connectivity index (χ1v) is 9.95. The first-order chi connectivity index (χ1) is 13.8. The molecule has 2 fully saturated rings. The number of aromatic amines is 1. The molecule has 1 aromatic carbocycles. The van der Waals surface area contributed by atoms with Crippen molar-refractivity contribution in [1.82, 2.24) is 24.8 Å². The standard InChI is InChI=1S/C21H22N6O/c1-2-17-16-7-13(3-4-18(16)24-23-17)19-8-22-20-5-6-21(25-27(19)20)26-9-14-11-28-12-15(14)10-26/h3-8,14-15H,2,9-12H2,1H3,(H,23,24)/t14-,15?/m0/s1. The summed E-state index contributed by atoms with van der Waals surface area (Å²) in [5.74, 6) is 2.28. The number of H-pyrrole nitrogens is 1. The first-order valence-electron chi connectivity index (χ1n) is 9.95. The van der Waals surface area contributed by atoms with Crippen LogP contribution in [-0.4, -0.2) is 51.1 Å². The summed E-state index contributed by atoms with van der Waals surface area (Å²) in [6, 6.07) is 10.5. The van der Waals surface area contributed by atoms with Crippen molar-refractivity contribution >= 4 is 22.4 Å². The molecular weight excluding hydrogens is 352 g/mol. The molecule has 0 radical (unpaired) electrons. The van der Waals surface area contributed by atoms with Gasteiger partial charge in [0.2, 0.25) is 0 Å². The van der Waals surface area contributed by atoms with E-state index in [1.54, 1.807) is 0 Å². The lowest BCUT2D eigenvalue weighted by molar-refractivity contribution is 0.177. The Bertz CT molecular complexity index is 1170. The number of anilines is 1. The molecule has 4 aromatic rings. The molecule has 0 bridgehead atoms. The van der Waals surface area contributed by atoms with E-state index in [0.717, 1.165) is 66.7 Å². The van der Waals surface area contributed by atoms with Gasteiger partial charge in [0.25, 0.3) is 0 Å². The fourth-order valence-corrected chi connectivity index (χ4v) is 4.60. The Morgan fingerprint density at radius 1 is 1.14 bits per heavy atom. The molecular formula is C21H22N6O. The number of hydrogen-bond donors (Lipinski definition) is 1. The highest BCUT2D eigenvalue weighted by Gasteiger charge is 2.37. The number of aryl methyl sites for hydroxylation is 1. The van der Waals surface area contributed by atoms with Crippen molar-refractivity contribution in [3.63, 3.8) is 0 Å². The number of fused-ring (bicyclic) bond motifs is 3. The number of ether oxygens (including phenoxy) is 1. The largest absolute Gasteiger partial charge is 0.381 e. The van der Waals surface area contributed by atoms with E-state index < -0.39 is 0 Å². The molecule has 7 nitrogen and oxygen atoms in total. The maximum Gasteiger partial charge on any atom is 0.154 e. The van der Waals surface area contributed by atoms with Crippen molar-refractivity contribution in [3.05, 3.63) is 42.2 Å². The maximum atomic E-state index is 5.61. The van der Waals surface area contributed by atoms with Gasteiger partial charge in [0.05, 0.1) is 30.6 Å². The van der Waals surface area contributed by atoms with Crippen molar-refractivity contribution in [1.29, 1.82) is 0 Å². The molecule has 0 saturated carbocycles. The highest BCUT2D eigenvalue weighted by Crippen LogP contribution is 2.32. The fraction of sp³-hybridized carbons (Fsp3) is 0.381. The second-order valence-corrected chi connectivity index (χ2v) is 7.86. The molecule has 5 heterocycles. The zero-order valence-electron chi connectivity index (χ0n) is 15.8. The molecule has 142 valence electrons. The number of rotatable bonds is 3. The number of nitrogens with one attached hydrogen (secondary N) is 1. The quantitative estimate of drug-likeness (QED) is 0.597. The number of imidazole rings is 1. The minimum atomic E-state index is 0.635. The van der Waals surface area contributed by atoms with Gasteiger partial charge in [-0.15, -0.1) is 5.10 Å². The number of nitrogens with zero attached hydrogens (tertiary/aromatic N) is 5. The van der Waals surface area contributed by atoms with Gasteiger partial charge in [-0.2, -0.15) is 5.10 Å². The van der Waals surface area contributed by atoms with E-state index in [1.807, 2.05) is 10.7 Å². The summed E-state index contributed by atoms with van der Waals surface area (Å²) in [6.07, 6.45) is 2.84. The van der Waals surface area contributed by atoms with Gasteiger partial charge in [0.15, 0.2) is 5.65 Å². The Kier molecular flexibility index (Phi) is 3.46. The molecule has 0 aliphatic carbocycles. The molecule has 2 saturated heterocycles. The van der Waals surface area contributed by atoms with Gasteiger partial charge in [-0.3, -0.25) is 5.10 Å². The van der Waals surface area contributed by atoms with Crippen LogP contribution in [0.2, 0.25) is 0 Å². The molecule has 2 aliphatic rings. The van der Waals surface area contributed by atoms with Gasteiger partial charge in [-0.05, 0) is 30.7 Å². The third-order valence-electron chi connectivity index (χ3n) is 6.19. The van der Waals surface area contributed by atoms with Crippen molar-refractivity contribution in [3.8, 4) is 11.3 Å². The zero-order valence-corrected chi connectivity index (χ0v) is 15.8. The second kappa shape index (κ2) is 6.04. The zero-order chi connectivity index (χ0) is 18.7. The minimum Gasteiger partial charge on any atom is -0.381 e. The van der Waals surface area contributed by atoms with Gasteiger partial charge in [-0.25, -0.2) is 9.50 Å². The van der Waals surface area contributed by atoms with E-state index in [2.05, 4.69) is 57.3 Å². The van der Waals surface area contributed by atoms with E-state index in [9.17, 15) is 0 Å². The van der Waals surface area contributed by atoms with Crippen LogP contribution < -0.4 is 4.90 Å². The third kappa shape index (κ3) is 2.36. The molecule has 1 unspecified atom stereocenters. The van der Waals surface area contributed by atoms with Gasteiger partial charge >= 0.3 is 0 Å². The predicted octanol–water partition coefficient (Wildman–Crippen LogP) is 2.92. The van der Waals surface area contributed by atoms with Crippen LogP contribution in [0.25, 0.3) is 27.8 Å². The van der Waals surface area contributed by atoms with E-state index in [1.165, 1.54) is 5.39 Å². The minimum absolute atomic E-state index is 0.635. The molecule has 28 heavy (non-hydrogen) atoms. The van der Waals surface area contributed by atoms with Crippen LogP contribution in [0.4, 0.5) is 5.82 Å². The molecule has 1 N–H and O–H groups in total. The van der Waals surface area contributed by atoms with Gasteiger partial charge < -0.3 is 9.64 Å². The summed E-state index contributed by atoms with van der Waals surface area (Å²) < 4.78 is 7.57. The monoisotopic (exact) mass is 374 g/mol. The van der Waals surface area contributed by atoms with Crippen molar-refractivity contribution < 1.29 is 4.74 Å². The highest BCUT2D eigenvalue weighted by atomic mass is 16.5. The number of benzene rings is 1. The predicted molar refractivity (Wildman–Crippen MR) is 107 cm³/mol. The third-order valence-corrected chi connectivity index (χ3v) is 6.19. The Labute approximate surface area is 162 Å². The Balaban J connectivity index is 1.42. The Hall–Kier alpha value is -2.93. The van der Waals surface area contributed by atoms with Crippen LogP contribution in [0.3, 0.4) is 0 Å². The lowest BCUT2D eigenvalue weighted by Crippen LogP contribution is -2.23. The molecule has 0 amide bonds. The van der Waals surface area contributed by atoms with E-state index in [0.29, 0.717) is 11.8 Å². The smallest absolute Gasteiger partial charge is 0.154 e. The van der Waals surface area contributed by atoms with Crippen molar-refractivity contribution in [2.75, 3.05) is 31.2 Å². The molecule has 2 atom stereocenters. The molecule has 7 heteroatoms. The lowest BCUT2D eigenvalue weighted by Gasteiger charge is -2.18. The molecule has 0 spiro atoms. The van der Waals surface area contributed by atoms with Crippen LogP contribution in [-0.2, 0) is 11.2 Å². The summed E-state index contributed by atoms with van der Waals surface area (Å²) in [6.45, 7) is 5.94. The Morgan fingerprint density at radius 2 is 2.00 bits per heavy atom. The number of hydrogen-bond acceptors (Lipinski definition) is 5.